The number of aryl methyl sites for hydroxylation is 1. The molecule has 5 nitrogen and oxygen atoms in total. The molecule has 0 fully saturated rings. The van der Waals surface area contributed by atoms with E-state index in [0.29, 0.717) is 23.2 Å². The topological polar surface area (TPSA) is 59.1 Å². The first-order chi connectivity index (χ1) is 14.2. The summed E-state index contributed by atoms with van der Waals surface area (Å²) in [5.74, 6) is 2.07. The molecule has 0 unspecified atom stereocenters. The van der Waals surface area contributed by atoms with E-state index in [9.17, 15) is 4.39 Å². The van der Waals surface area contributed by atoms with Crippen molar-refractivity contribution in [3.8, 4) is 11.5 Å². The highest BCUT2D eigenvalue weighted by Crippen LogP contribution is 2.31. The first kappa shape index (κ1) is 18.4. The van der Waals surface area contributed by atoms with Crippen LogP contribution in [0.1, 0.15) is 5.69 Å². The van der Waals surface area contributed by atoms with Gasteiger partial charge in [-0.3, -0.25) is 0 Å². The molecule has 4 rings (SSSR count). The molecule has 0 aliphatic carbocycles. The Labute approximate surface area is 168 Å². The molecule has 144 valence electrons. The molecule has 0 bridgehead atoms. The van der Waals surface area contributed by atoms with Gasteiger partial charge in [0.2, 0.25) is 5.95 Å². The molecular weight excluding hydrogens is 367 g/mol. The molecule has 0 radical (unpaired) electrons. The van der Waals surface area contributed by atoms with E-state index >= 15 is 0 Å². The van der Waals surface area contributed by atoms with Crippen molar-refractivity contribution in [1.82, 2.24) is 9.97 Å². The molecule has 29 heavy (non-hydrogen) atoms. The lowest BCUT2D eigenvalue weighted by Crippen LogP contribution is -2.03. The molecule has 1 heterocycles. The summed E-state index contributed by atoms with van der Waals surface area (Å²) in [6.07, 6.45) is 0. The number of halogens is 1. The maximum Gasteiger partial charge on any atom is 0.229 e. The Morgan fingerprint density at radius 1 is 0.793 bits per heavy atom. The number of ether oxygens (including phenoxy) is 1. The van der Waals surface area contributed by atoms with Crippen LogP contribution in [-0.4, -0.2) is 9.97 Å². The Bertz CT molecular complexity index is 1120. The van der Waals surface area contributed by atoms with Crippen LogP contribution in [0.2, 0.25) is 0 Å². The number of anilines is 4. The minimum atomic E-state index is -0.326. The smallest absolute Gasteiger partial charge is 0.229 e. The third kappa shape index (κ3) is 4.87. The number of hydrogen-bond donors (Lipinski definition) is 2. The third-order valence-electron chi connectivity index (χ3n) is 4.06. The maximum absolute atomic E-state index is 13.4. The molecule has 0 amide bonds. The highest BCUT2D eigenvalue weighted by molar-refractivity contribution is 5.66. The Kier molecular flexibility index (Phi) is 5.33. The van der Waals surface area contributed by atoms with Crippen LogP contribution < -0.4 is 15.4 Å². The van der Waals surface area contributed by atoms with Gasteiger partial charge in [-0.2, -0.15) is 4.98 Å². The van der Waals surface area contributed by atoms with E-state index in [1.54, 1.807) is 12.1 Å². The number of nitrogens with one attached hydrogen (secondary N) is 2. The molecule has 0 saturated heterocycles. The number of benzene rings is 3. The average Bonchev–Trinajstić information content (AvgIpc) is 2.70. The van der Waals surface area contributed by atoms with Crippen LogP contribution in [-0.2, 0) is 0 Å². The normalized spacial score (nSPS) is 10.4. The van der Waals surface area contributed by atoms with Gasteiger partial charge in [-0.15, -0.1) is 0 Å². The van der Waals surface area contributed by atoms with Gasteiger partial charge in [0.15, 0.2) is 5.75 Å². The van der Waals surface area contributed by atoms with Crippen LogP contribution in [0.25, 0.3) is 0 Å². The summed E-state index contributed by atoms with van der Waals surface area (Å²) < 4.78 is 19.4. The average molecular weight is 386 g/mol. The van der Waals surface area contributed by atoms with Crippen molar-refractivity contribution in [3.05, 3.63) is 96.4 Å². The molecule has 0 saturated carbocycles. The second-order valence-electron chi connectivity index (χ2n) is 6.39. The summed E-state index contributed by atoms with van der Waals surface area (Å²) in [4.78, 5) is 8.87. The van der Waals surface area contributed by atoms with Gasteiger partial charge in [0, 0.05) is 17.4 Å². The van der Waals surface area contributed by atoms with E-state index in [1.807, 2.05) is 67.6 Å². The van der Waals surface area contributed by atoms with Gasteiger partial charge in [0.05, 0.1) is 5.69 Å². The Hall–Kier alpha value is -3.93. The van der Waals surface area contributed by atoms with Crippen LogP contribution in [0.4, 0.5) is 27.5 Å². The monoisotopic (exact) mass is 386 g/mol. The highest BCUT2D eigenvalue weighted by atomic mass is 19.1. The minimum absolute atomic E-state index is 0.326. The zero-order chi connectivity index (χ0) is 20.1. The van der Waals surface area contributed by atoms with E-state index in [0.717, 1.165) is 17.1 Å². The summed E-state index contributed by atoms with van der Waals surface area (Å²) in [6.45, 7) is 1.87. The van der Waals surface area contributed by atoms with Gasteiger partial charge in [0.25, 0.3) is 0 Å². The number of hydrogen-bond acceptors (Lipinski definition) is 5. The predicted octanol–water partition coefficient (Wildman–Crippen LogP) is 6.20. The van der Waals surface area contributed by atoms with Crippen LogP contribution in [0.5, 0.6) is 11.5 Å². The van der Waals surface area contributed by atoms with Gasteiger partial charge in [-0.05, 0) is 49.4 Å². The van der Waals surface area contributed by atoms with Crippen LogP contribution in [0, 0.1) is 12.7 Å². The zero-order valence-electron chi connectivity index (χ0n) is 15.8. The summed E-state index contributed by atoms with van der Waals surface area (Å²) >= 11 is 0. The quantitative estimate of drug-likeness (QED) is 0.413. The van der Waals surface area contributed by atoms with Gasteiger partial charge in [0.1, 0.15) is 17.4 Å². The SMILES string of the molecule is Cc1cc(Nc2ccccc2Oc2ccccc2)nc(Nc2cccc(F)c2)n1. The summed E-state index contributed by atoms with van der Waals surface area (Å²) in [5.41, 5.74) is 2.11. The molecule has 6 heteroatoms. The van der Waals surface area contributed by atoms with Crippen molar-refractivity contribution in [3.63, 3.8) is 0 Å². The maximum atomic E-state index is 13.4. The summed E-state index contributed by atoms with van der Waals surface area (Å²) in [5, 5.41) is 6.31. The number of rotatable bonds is 6. The molecule has 0 aliphatic rings. The van der Waals surface area contributed by atoms with E-state index in [2.05, 4.69) is 20.6 Å². The fourth-order valence-electron chi connectivity index (χ4n) is 2.80. The number of nitrogens with zero attached hydrogens (tertiary/aromatic N) is 2. The fourth-order valence-corrected chi connectivity index (χ4v) is 2.80. The first-order valence-corrected chi connectivity index (χ1v) is 9.13. The Balaban J connectivity index is 1.58. The summed E-state index contributed by atoms with van der Waals surface area (Å²) in [6, 6.07) is 25.2. The Morgan fingerprint density at radius 2 is 1.59 bits per heavy atom. The minimum Gasteiger partial charge on any atom is -0.455 e. The molecule has 0 aliphatic heterocycles. The lowest BCUT2D eigenvalue weighted by molar-refractivity contribution is 0.485. The third-order valence-corrected chi connectivity index (χ3v) is 4.06. The highest BCUT2D eigenvalue weighted by Gasteiger charge is 2.08. The van der Waals surface area contributed by atoms with Gasteiger partial charge in [-0.25, -0.2) is 9.37 Å². The zero-order valence-corrected chi connectivity index (χ0v) is 15.8. The van der Waals surface area contributed by atoms with Crippen molar-refractivity contribution < 1.29 is 9.13 Å². The van der Waals surface area contributed by atoms with E-state index in [-0.39, 0.29) is 5.82 Å². The Morgan fingerprint density at radius 3 is 2.41 bits per heavy atom. The first-order valence-electron chi connectivity index (χ1n) is 9.13. The second kappa shape index (κ2) is 8.39. The fraction of sp³-hybridized carbons (Fsp3) is 0.0435. The molecule has 0 atom stereocenters. The van der Waals surface area contributed by atoms with Crippen molar-refractivity contribution in [2.75, 3.05) is 10.6 Å². The van der Waals surface area contributed by atoms with Gasteiger partial charge < -0.3 is 15.4 Å². The van der Waals surface area contributed by atoms with Gasteiger partial charge in [-0.1, -0.05) is 36.4 Å². The molecular formula is C23H19FN4O. The van der Waals surface area contributed by atoms with E-state index in [1.165, 1.54) is 12.1 Å². The van der Waals surface area contributed by atoms with Gasteiger partial charge >= 0.3 is 0 Å². The number of para-hydroxylation sites is 3. The standard InChI is InChI=1S/C23H19FN4O/c1-16-14-22(28-23(25-16)26-18-9-7-8-17(24)15-18)27-20-12-5-6-13-21(20)29-19-10-3-2-4-11-19/h2-15H,1H3,(H2,25,26,27,28). The van der Waals surface area contributed by atoms with Crippen molar-refractivity contribution >= 4 is 23.1 Å². The lowest BCUT2D eigenvalue weighted by atomic mass is 10.2. The second-order valence-corrected chi connectivity index (χ2v) is 6.39. The molecule has 3 aromatic carbocycles. The van der Waals surface area contributed by atoms with E-state index in [4.69, 9.17) is 4.74 Å². The largest absolute Gasteiger partial charge is 0.455 e. The predicted molar refractivity (Wildman–Crippen MR) is 113 cm³/mol. The van der Waals surface area contributed by atoms with E-state index < -0.39 is 0 Å². The molecule has 4 aromatic rings. The van der Waals surface area contributed by atoms with Crippen molar-refractivity contribution in [2.24, 2.45) is 0 Å². The van der Waals surface area contributed by atoms with Crippen molar-refractivity contribution in [2.45, 2.75) is 6.92 Å². The van der Waals surface area contributed by atoms with Crippen LogP contribution in [0.15, 0.2) is 84.9 Å². The summed E-state index contributed by atoms with van der Waals surface area (Å²) in [7, 11) is 0. The van der Waals surface area contributed by atoms with Crippen LogP contribution in [0.3, 0.4) is 0 Å². The van der Waals surface area contributed by atoms with Crippen LogP contribution >= 0.6 is 0 Å². The number of aromatic nitrogens is 2. The lowest BCUT2D eigenvalue weighted by Gasteiger charge is -2.14. The molecule has 0 spiro atoms. The molecule has 2 N–H and O–H groups in total. The molecule has 1 aromatic heterocycles. The van der Waals surface area contributed by atoms with Crippen molar-refractivity contribution in [1.29, 1.82) is 0 Å².